The summed E-state index contributed by atoms with van der Waals surface area (Å²) < 4.78 is 0. The number of anilines is 1. The highest BCUT2D eigenvalue weighted by molar-refractivity contribution is 7.15. The van der Waals surface area contributed by atoms with Crippen LogP contribution in [0.4, 0.5) is 5.69 Å². The van der Waals surface area contributed by atoms with Gasteiger partial charge < -0.3 is 5.32 Å². The van der Waals surface area contributed by atoms with Gasteiger partial charge in [0.2, 0.25) is 5.91 Å². The van der Waals surface area contributed by atoms with Crippen LogP contribution < -0.4 is 5.32 Å². The number of amides is 1. The zero-order valence-electron chi connectivity index (χ0n) is 8.91. The molecule has 0 spiro atoms. The number of aryl methyl sites for hydroxylation is 1. The average Bonchev–Trinajstić information content (AvgIpc) is 2.81. The van der Waals surface area contributed by atoms with Crippen LogP contribution in [0.1, 0.15) is 10.4 Å². The molecule has 0 radical (unpaired) electrons. The zero-order chi connectivity index (χ0) is 11.1. The van der Waals surface area contributed by atoms with Gasteiger partial charge in [-0.25, -0.2) is 0 Å². The summed E-state index contributed by atoms with van der Waals surface area (Å²) in [6, 6.07) is 10.4. The van der Waals surface area contributed by atoms with Crippen molar-refractivity contribution < 1.29 is 4.79 Å². The topological polar surface area (TPSA) is 29.1 Å². The highest BCUT2D eigenvalue weighted by atomic mass is 32.1. The third-order valence-electron chi connectivity index (χ3n) is 2.76. The van der Waals surface area contributed by atoms with Gasteiger partial charge in [0, 0.05) is 15.4 Å². The van der Waals surface area contributed by atoms with Crippen LogP contribution in [0.5, 0.6) is 0 Å². The predicted octanol–water partition coefficient (Wildman–Crippen LogP) is 3.22. The molecule has 2 heterocycles. The van der Waals surface area contributed by atoms with Gasteiger partial charge >= 0.3 is 0 Å². The van der Waals surface area contributed by atoms with E-state index in [9.17, 15) is 4.79 Å². The fourth-order valence-corrected chi connectivity index (χ4v) is 2.84. The number of carbonyl (C=O) groups excluding carboxylic acids is 1. The Kier molecular flexibility index (Phi) is 2.07. The monoisotopic (exact) mass is 229 g/mol. The quantitative estimate of drug-likeness (QED) is 0.799. The van der Waals surface area contributed by atoms with E-state index in [1.165, 1.54) is 15.3 Å². The normalized spacial score (nSPS) is 13.7. The van der Waals surface area contributed by atoms with Crippen molar-refractivity contribution in [1.82, 2.24) is 0 Å². The Bertz CT molecular complexity index is 571. The first-order valence-corrected chi connectivity index (χ1v) is 6.03. The molecule has 3 rings (SSSR count). The highest BCUT2D eigenvalue weighted by Gasteiger charge is 2.17. The van der Waals surface area contributed by atoms with E-state index in [0.29, 0.717) is 6.42 Å². The number of benzene rings is 1. The summed E-state index contributed by atoms with van der Waals surface area (Å²) in [6.07, 6.45) is 0.507. The molecule has 0 fully saturated rings. The van der Waals surface area contributed by atoms with E-state index in [0.717, 1.165) is 11.3 Å². The van der Waals surface area contributed by atoms with Gasteiger partial charge in [0.15, 0.2) is 0 Å². The lowest BCUT2D eigenvalue weighted by Crippen LogP contribution is -2.03. The Hall–Kier alpha value is -1.61. The fourth-order valence-electron chi connectivity index (χ4n) is 1.97. The van der Waals surface area contributed by atoms with Gasteiger partial charge in [0.25, 0.3) is 0 Å². The first-order chi connectivity index (χ1) is 7.72. The van der Waals surface area contributed by atoms with Gasteiger partial charge in [-0.1, -0.05) is 6.07 Å². The van der Waals surface area contributed by atoms with E-state index in [1.54, 1.807) is 11.3 Å². The molecule has 1 aliphatic rings. The Labute approximate surface area is 97.9 Å². The Morgan fingerprint density at radius 2 is 2.12 bits per heavy atom. The molecule has 0 unspecified atom stereocenters. The van der Waals surface area contributed by atoms with Crippen LogP contribution in [0.3, 0.4) is 0 Å². The standard InChI is InChI=1S/C13H11NOS/c1-8-2-5-12(16-8)9-3-4-11-10(6-9)7-13(15)14-11/h2-6H,7H2,1H3,(H,14,15). The summed E-state index contributed by atoms with van der Waals surface area (Å²) in [7, 11) is 0. The summed E-state index contributed by atoms with van der Waals surface area (Å²) >= 11 is 1.78. The summed E-state index contributed by atoms with van der Waals surface area (Å²) in [5, 5.41) is 2.85. The maximum absolute atomic E-state index is 11.2. The summed E-state index contributed by atoms with van der Waals surface area (Å²) in [5.74, 6) is 0.0921. The van der Waals surface area contributed by atoms with E-state index in [2.05, 4.69) is 36.5 Å². The first-order valence-electron chi connectivity index (χ1n) is 5.22. The molecule has 0 bridgehead atoms. The van der Waals surface area contributed by atoms with Crippen LogP contribution in [0.15, 0.2) is 30.3 Å². The maximum atomic E-state index is 11.2. The van der Waals surface area contributed by atoms with E-state index >= 15 is 0 Å². The molecule has 1 aromatic heterocycles. The molecule has 1 aromatic carbocycles. The molecular formula is C13H11NOS. The summed E-state index contributed by atoms with van der Waals surface area (Å²) in [6.45, 7) is 2.10. The molecule has 3 heteroatoms. The Balaban J connectivity index is 2.05. The minimum absolute atomic E-state index is 0.0921. The molecule has 1 N–H and O–H groups in total. The second-order valence-corrected chi connectivity index (χ2v) is 5.30. The van der Waals surface area contributed by atoms with Crippen LogP contribution in [0.25, 0.3) is 10.4 Å². The summed E-state index contributed by atoms with van der Waals surface area (Å²) in [5.41, 5.74) is 3.27. The summed E-state index contributed by atoms with van der Waals surface area (Å²) in [4.78, 5) is 13.8. The first kappa shape index (κ1) is 9.60. The Morgan fingerprint density at radius 1 is 1.25 bits per heavy atom. The van der Waals surface area contributed by atoms with Gasteiger partial charge in [0.05, 0.1) is 6.42 Å². The molecule has 1 amide bonds. The largest absolute Gasteiger partial charge is 0.326 e. The third-order valence-corrected chi connectivity index (χ3v) is 3.80. The van der Waals surface area contributed by atoms with Crippen molar-refractivity contribution in [3.05, 3.63) is 40.8 Å². The molecule has 2 aromatic rings. The average molecular weight is 229 g/mol. The van der Waals surface area contributed by atoms with E-state index < -0.39 is 0 Å². The number of hydrogen-bond acceptors (Lipinski definition) is 2. The molecule has 0 atom stereocenters. The van der Waals surface area contributed by atoms with Crippen LogP contribution in [-0.4, -0.2) is 5.91 Å². The molecule has 16 heavy (non-hydrogen) atoms. The van der Waals surface area contributed by atoms with Crippen molar-refractivity contribution >= 4 is 22.9 Å². The lowest BCUT2D eigenvalue weighted by atomic mass is 10.1. The number of thiophene rings is 1. The molecule has 1 aliphatic heterocycles. The smallest absolute Gasteiger partial charge is 0.228 e. The van der Waals surface area contributed by atoms with Gasteiger partial charge in [-0.05, 0) is 42.3 Å². The van der Waals surface area contributed by atoms with Gasteiger partial charge in [-0.3, -0.25) is 4.79 Å². The lowest BCUT2D eigenvalue weighted by Gasteiger charge is -2.01. The molecule has 2 nitrogen and oxygen atoms in total. The predicted molar refractivity (Wildman–Crippen MR) is 66.8 cm³/mol. The van der Waals surface area contributed by atoms with Crippen LogP contribution >= 0.6 is 11.3 Å². The number of hydrogen-bond donors (Lipinski definition) is 1. The van der Waals surface area contributed by atoms with Crippen molar-refractivity contribution in [2.45, 2.75) is 13.3 Å². The molecule has 0 saturated carbocycles. The number of nitrogens with one attached hydrogen (secondary N) is 1. The van der Waals surface area contributed by atoms with Crippen molar-refractivity contribution in [3.63, 3.8) is 0 Å². The van der Waals surface area contributed by atoms with Crippen molar-refractivity contribution in [2.75, 3.05) is 5.32 Å². The van der Waals surface area contributed by atoms with Gasteiger partial charge in [-0.2, -0.15) is 0 Å². The van der Waals surface area contributed by atoms with Crippen molar-refractivity contribution in [2.24, 2.45) is 0 Å². The molecule has 0 aliphatic carbocycles. The van der Waals surface area contributed by atoms with Gasteiger partial charge in [0.1, 0.15) is 0 Å². The maximum Gasteiger partial charge on any atom is 0.228 e. The second-order valence-electron chi connectivity index (χ2n) is 4.01. The minimum Gasteiger partial charge on any atom is -0.326 e. The molecular weight excluding hydrogens is 218 g/mol. The molecule has 80 valence electrons. The van der Waals surface area contributed by atoms with E-state index in [4.69, 9.17) is 0 Å². The van der Waals surface area contributed by atoms with Crippen molar-refractivity contribution in [1.29, 1.82) is 0 Å². The van der Waals surface area contributed by atoms with Gasteiger partial charge in [-0.15, -0.1) is 11.3 Å². The zero-order valence-corrected chi connectivity index (χ0v) is 9.73. The molecule has 0 saturated heterocycles. The van der Waals surface area contributed by atoms with Crippen molar-refractivity contribution in [3.8, 4) is 10.4 Å². The Morgan fingerprint density at radius 3 is 2.88 bits per heavy atom. The van der Waals surface area contributed by atoms with E-state index in [1.807, 2.05) is 6.07 Å². The number of rotatable bonds is 1. The third kappa shape index (κ3) is 1.53. The highest BCUT2D eigenvalue weighted by Crippen LogP contribution is 2.32. The van der Waals surface area contributed by atoms with Crippen LogP contribution in [0, 0.1) is 6.92 Å². The number of carbonyl (C=O) groups is 1. The lowest BCUT2D eigenvalue weighted by molar-refractivity contribution is -0.115. The number of fused-ring (bicyclic) bond motifs is 1. The minimum atomic E-state index is 0.0921. The second kappa shape index (κ2) is 3.46. The SMILES string of the molecule is Cc1ccc(-c2ccc3c(c2)CC(=O)N3)s1. The fraction of sp³-hybridized carbons (Fsp3) is 0.154. The van der Waals surface area contributed by atoms with E-state index in [-0.39, 0.29) is 5.91 Å². The van der Waals surface area contributed by atoms with Crippen LogP contribution in [-0.2, 0) is 11.2 Å². The van der Waals surface area contributed by atoms with Crippen LogP contribution in [0.2, 0.25) is 0 Å².